The van der Waals surface area contributed by atoms with Crippen molar-refractivity contribution < 1.29 is 14.3 Å². The molecular weight excluding hydrogens is 230 g/mol. The summed E-state index contributed by atoms with van der Waals surface area (Å²) in [5.74, 6) is 1.46. The first-order chi connectivity index (χ1) is 8.50. The number of carbonyl (C=O) groups excluding carboxylic acids is 1. The van der Waals surface area contributed by atoms with Crippen LogP contribution in [0.4, 0.5) is 0 Å². The number of hydrogen-bond acceptors (Lipinski definition) is 4. The molecule has 1 heterocycles. The first kappa shape index (κ1) is 12.9. The zero-order chi connectivity index (χ0) is 13.3. The van der Waals surface area contributed by atoms with Crippen LogP contribution in [0.5, 0.6) is 11.5 Å². The number of ketones is 1. The number of benzene rings is 1. The van der Waals surface area contributed by atoms with Gasteiger partial charge in [-0.25, -0.2) is 0 Å². The van der Waals surface area contributed by atoms with Gasteiger partial charge in [0.1, 0.15) is 0 Å². The van der Waals surface area contributed by atoms with E-state index in [9.17, 15) is 4.79 Å². The summed E-state index contributed by atoms with van der Waals surface area (Å²) in [6, 6.07) is 5.52. The van der Waals surface area contributed by atoms with Gasteiger partial charge in [0, 0.05) is 11.6 Å². The molecule has 0 radical (unpaired) electrons. The number of nitrogens with zero attached hydrogens (tertiary/aromatic N) is 1. The van der Waals surface area contributed by atoms with Crippen molar-refractivity contribution in [2.45, 2.75) is 32.9 Å². The molecule has 2 rings (SSSR count). The van der Waals surface area contributed by atoms with Crippen molar-refractivity contribution in [3.63, 3.8) is 0 Å². The lowest BCUT2D eigenvalue weighted by Crippen LogP contribution is -2.40. The average Bonchev–Trinajstić information content (AvgIpc) is 2.82. The summed E-state index contributed by atoms with van der Waals surface area (Å²) in [5.41, 5.74) is 0.666. The lowest BCUT2D eigenvalue weighted by molar-refractivity contribution is 0.0836. The SMILES string of the molecule is CC(C)N(C)C(C)C(=O)c1ccc2c(c1)OCO2. The average molecular weight is 249 g/mol. The highest BCUT2D eigenvalue weighted by Gasteiger charge is 2.23. The summed E-state index contributed by atoms with van der Waals surface area (Å²) in [4.78, 5) is 14.4. The summed E-state index contributed by atoms with van der Waals surface area (Å²) in [6.45, 7) is 6.30. The third-order valence-corrected chi connectivity index (χ3v) is 3.46. The van der Waals surface area contributed by atoms with Crippen LogP contribution in [0.1, 0.15) is 31.1 Å². The Morgan fingerprint density at radius 2 is 1.89 bits per heavy atom. The van der Waals surface area contributed by atoms with Crippen LogP contribution in [0, 0.1) is 0 Å². The van der Waals surface area contributed by atoms with Crippen LogP contribution >= 0.6 is 0 Å². The molecule has 0 spiro atoms. The first-order valence-electron chi connectivity index (χ1n) is 6.16. The quantitative estimate of drug-likeness (QED) is 0.768. The number of carbonyl (C=O) groups is 1. The van der Waals surface area contributed by atoms with Crippen molar-refractivity contribution in [3.05, 3.63) is 23.8 Å². The van der Waals surface area contributed by atoms with Gasteiger partial charge in [-0.3, -0.25) is 9.69 Å². The highest BCUT2D eigenvalue weighted by Crippen LogP contribution is 2.32. The van der Waals surface area contributed by atoms with Crippen LogP contribution in [0.25, 0.3) is 0 Å². The molecule has 0 N–H and O–H groups in total. The van der Waals surface area contributed by atoms with Crippen molar-refractivity contribution in [1.29, 1.82) is 0 Å². The first-order valence-corrected chi connectivity index (χ1v) is 6.16. The van der Waals surface area contributed by atoms with Gasteiger partial charge in [-0.05, 0) is 46.0 Å². The predicted molar refractivity (Wildman–Crippen MR) is 69.3 cm³/mol. The van der Waals surface area contributed by atoms with E-state index in [-0.39, 0.29) is 18.6 Å². The largest absolute Gasteiger partial charge is 0.454 e. The second kappa shape index (κ2) is 4.98. The van der Waals surface area contributed by atoms with Gasteiger partial charge < -0.3 is 9.47 Å². The van der Waals surface area contributed by atoms with Gasteiger partial charge in [0.25, 0.3) is 0 Å². The van der Waals surface area contributed by atoms with E-state index in [1.165, 1.54) is 0 Å². The van der Waals surface area contributed by atoms with E-state index < -0.39 is 0 Å². The summed E-state index contributed by atoms with van der Waals surface area (Å²) >= 11 is 0. The molecular formula is C14H19NO3. The molecule has 1 aliphatic rings. The summed E-state index contributed by atoms with van der Waals surface area (Å²) < 4.78 is 10.5. The Bertz CT molecular complexity index is 456. The van der Waals surface area contributed by atoms with Crippen LogP contribution in [0.15, 0.2) is 18.2 Å². The monoisotopic (exact) mass is 249 g/mol. The van der Waals surface area contributed by atoms with Crippen LogP contribution in [0.3, 0.4) is 0 Å². The van der Waals surface area contributed by atoms with Gasteiger partial charge in [-0.1, -0.05) is 0 Å². The zero-order valence-electron chi connectivity index (χ0n) is 11.3. The van der Waals surface area contributed by atoms with E-state index in [1.54, 1.807) is 18.2 Å². The Balaban J connectivity index is 2.19. The van der Waals surface area contributed by atoms with E-state index in [0.29, 0.717) is 23.1 Å². The molecule has 18 heavy (non-hydrogen) atoms. The lowest BCUT2D eigenvalue weighted by atomic mass is 10.0. The maximum Gasteiger partial charge on any atom is 0.231 e. The molecule has 0 aromatic heterocycles. The van der Waals surface area contributed by atoms with Crippen molar-refractivity contribution >= 4 is 5.78 Å². The van der Waals surface area contributed by atoms with E-state index in [2.05, 4.69) is 13.8 Å². The number of ether oxygens (including phenoxy) is 2. The molecule has 98 valence electrons. The Morgan fingerprint density at radius 3 is 2.56 bits per heavy atom. The minimum atomic E-state index is -0.148. The Hall–Kier alpha value is -1.55. The maximum atomic E-state index is 12.4. The fourth-order valence-corrected chi connectivity index (χ4v) is 1.92. The molecule has 1 unspecified atom stereocenters. The Labute approximate surface area is 107 Å². The smallest absolute Gasteiger partial charge is 0.231 e. The number of Topliss-reactive ketones (excluding diaryl/α,β-unsaturated/α-hetero) is 1. The van der Waals surface area contributed by atoms with Crippen molar-refractivity contribution in [1.82, 2.24) is 4.90 Å². The molecule has 0 aliphatic carbocycles. The minimum Gasteiger partial charge on any atom is -0.454 e. The van der Waals surface area contributed by atoms with Gasteiger partial charge in [0.05, 0.1) is 6.04 Å². The lowest BCUT2D eigenvalue weighted by Gasteiger charge is -2.27. The summed E-state index contributed by atoms with van der Waals surface area (Å²) in [6.07, 6.45) is 0. The molecule has 1 aromatic carbocycles. The second-order valence-corrected chi connectivity index (χ2v) is 4.87. The second-order valence-electron chi connectivity index (χ2n) is 4.87. The van der Waals surface area contributed by atoms with Crippen molar-refractivity contribution in [3.8, 4) is 11.5 Å². The number of hydrogen-bond donors (Lipinski definition) is 0. The standard InChI is InChI=1S/C14H19NO3/c1-9(2)15(4)10(3)14(16)11-5-6-12-13(7-11)18-8-17-12/h5-7,9-10H,8H2,1-4H3. The maximum absolute atomic E-state index is 12.4. The van der Waals surface area contributed by atoms with E-state index in [1.807, 2.05) is 18.9 Å². The molecule has 0 saturated heterocycles. The highest BCUT2D eigenvalue weighted by atomic mass is 16.7. The fraction of sp³-hybridized carbons (Fsp3) is 0.500. The molecule has 4 nitrogen and oxygen atoms in total. The Kier molecular flexibility index (Phi) is 3.57. The number of fused-ring (bicyclic) bond motifs is 1. The van der Waals surface area contributed by atoms with Crippen LogP contribution < -0.4 is 9.47 Å². The molecule has 0 fully saturated rings. The Morgan fingerprint density at radius 1 is 1.22 bits per heavy atom. The highest BCUT2D eigenvalue weighted by molar-refractivity contribution is 6.00. The van der Waals surface area contributed by atoms with Gasteiger partial charge in [-0.15, -0.1) is 0 Å². The molecule has 0 amide bonds. The third-order valence-electron chi connectivity index (χ3n) is 3.46. The molecule has 0 bridgehead atoms. The van der Waals surface area contributed by atoms with Crippen molar-refractivity contribution in [2.24, 2.45) is 0 Å². The molecule has 4 heteroatoms. The molecule has 0 saturated carbocycles. The fourth-order valence-electron chi connectivity index (χ4n) is 1.92. The number of likely N-dealkylation sites (N-methyl/N-ethyl adjacent to an activating group) is 1. The van der Waals surface area contributed by atoms with Crippen LogP contribution in [-0.2, 0) is 0 Å². The summed E-state index contributed by atoms with van der Waals surface area (Å²) in [7, 11) is 1.96. The van der Waals surface area contributed by atoms with Gasteiger partial charge in [0.2, 0.25) is 6.79 Å². The van der Waals surface area contributed by atoms with Gasteiger partial charge >= 0.3 is 0 Å². The number of rotatable bonds is 4. The van der Waals surface area contributed by atoms with Crippen LogP contribution in [0.2, 0.25) is 0 Å². The normalized spacial score (nSPS) is 15.2. The van der Waals surface area contributed by atoms with Gasteiger partial charge in [-0.2, -0.15) is 0 Å². The van der Waals surface area contributed by atoms with E-state index in [4.69, 9.17) is 9.47 Å². The third kappa shape index (κ3) is 2.34. The molecule has 1 aromatic rings. The molecule has 1 aliphatic heterocycles. The molecule has 1 atom stereocenters. The van der Waals surface area contributed by atoms with Gasteiger partial charge in [0.15, 0.2) is 17.3 Å². The summed E-state index contributed by atoms with van der Waals surface area (Å²) in [5, 5.41) is 0. The van der Waals surface area contributed by atoms with E-state index in [0.717, 1.165) is 0 Å². The predicted octanol–water partition coefficient (Wildman–Crippen LogP) is 2.33. The zero-order valence-corrected chi connectivity index (χ0v) is 11.3. The van der Waals surface area contributed by atoms with Crippen LogP contribution in [-0.4, -0.2) is 36.6 Å². The van der Waals surface area contributed by atoms with E-state index >= 15 is 0 Å². The minimum absolute atomic E-state index is 0.101. The topological polar surface area (TPSA) is 38.8 Å². The van der Waals surface area contributed by atoms with Crippen molar-refractivity contribution in [2.75, 3.05) is 13.8 Å².